The van der Waals surface area contributed by atoms with E-state index in [1.165, 1.54) is 0 Å². The minimum Gasteiger partial charge on any atom is -0.469 e. The third-order valence-corrected chi connectivity index (χ3v) is 3.80. The molecular formula is C15H17F11O5. The first kappa shape index (κ1) is 27.6. The van der Waals surface area contributed by atoms with Crippen LogP contribution in [0.5, 0.6) is 0 Å². The Morgan fingerprint density at radius 2 is 1.42 bits per heavy atom. The van der Waals surface area contributed by atoms with Gasteiger partial charge in [-0.1, -0.05) is 0 Å². The van der Waals surface area contributed by atoms with E-state index in [9.17, 15) is 53.1 Å². The van der Waals surface area contributed by atoms with Gasteiger partial charge in [0, 0.05) is 12.8 Å². The summed E-state index contributed by atoms with van der Waals surface area (Å²) < 4.78 is 161. The molecule has 0 aromatic heterocycles. The minimum absolute atomic E-state index is 0.759. The van der Waals surface area contributed by atoms with Crippen molar-refractivity contribution in [1.82, 2.24) is 0 Å². The van der Waals surface area contributed by atoms with E-state index in [4.69, 9.17) is 0 Å². The maximum Gasteiger partial charge on any atom is 0.383 e. The van der Waals surface area contributed by atoms with Gasteiger partial charge in [-0.3, -0.25) is 9.53 Å². The van der Waals surface area contributed by atoms with Gasteiger partial charge < -0.3 is 14.2 Å². The summed E-state index contributed by atoms with van der Waals surface area (Å²) in [5.41, 5.74) is 0. The van der Waals surface area contributed by atoms with Crippen molar-refractivity contribution in [2.24, 2.45) is 0 Å². The average Bonchev–Trinajstić information content (AvgIpc) is 2.55. The van der Waals surface area contributed by atoms with E-state index < -0.39 is 87.3 Å². The maximum absolute atomic E-state index is 13.5. The number of esters is 1. The van der Waals surface area contributed by atoms with E-state index in [0.717, 1.165) is 7.11 Å². The molecule has 0 aromatic rings. The molecule has 0 radical (unpaired) electrons. The van der Waals surface area contributed by atoms with Crippen molar-refractivity contribution in [3.05, 3.63) is 0 Å². The number of carbonyl (C=O) groups excluding carboxylic acids is 1. The van der Waals surface area contributed by atoms with Crippen LogP contribution in [0.3, 0.4) is 0 Å². The molecule has 16 heteroatoms. The summed E-state index contributed by atoms with van der Waals surface area (Å²) in [4.78, 5) is 10.7. The summed E-state index contributed by atoms with van der Waals surface area (Å²) in [6.07, 6.45) is -16.8. The quantitative estimate of drug-likeness (QED) is 0.283. The molecule has 0 aromatic carbocycles. The largest absolute Gasteiger partial charge is 0.469 e. The Balaban J connectivity index is 2.55. The van der Waals surface area contributed by atoms with Crippen LogP contribution in [0.15, 0.2) is 0 Å². The molecular weight excluding hydrogens is 469 g/mol. The van der Waals surface area contributed by atoms with Crippen LogP contribution in [0.4, 0.5) is 48.3 Å². The summed E-state index contributed by atoms with van der Waals surface area (Å²) in [5, 5.41) is 0. The van der Waals surface area contributed by atoms with Gasteiger partial charge in [-0.05, 0) is 0 Å². The fourth-order valence-corrected chi connectivity index (χ4v) is 2.20. The van der Waals surface area contributed by atoms with Crippen molar-refractivity contribution in [3.8, 4) is 0 Å². The molecule has 0 saturated heterocycles. The molecule has 184 valence electrons. The van der Waals surface area contributed by atoms with Crippen LogP contribution < -0.4 is 0 Å². The Labute approximate surface area is 167 Å². The van der Waals surface area contributed by atoms with Gasteiger partial charge in [0.2, 0.25) is 0 Å². The first-order chi connectivity index (χ1) is 13.7. The first-order valence-electron chi connectivity index (χ1n) is 8.31. The van der Waals surface area contributed by atoms with Crippen LogP contribution in [0.25, 0.3) is 0 Å². The second-order valence-electron chi connectivity index (χ2n) is 6.73. The van der Waals surface area contributed by atoms with Gasteiger partial charge in [-0.2, -0.15) is 17.6 Å². The zero-order valence-electron chi connectivity index (χ0n) is 15.6. The molecule has 31 heavy (non-hydrogen) atoms. The second kappa shape index (κ2) is 9.21. The fraction of sp³-hybridized carbons (Fsp3) is 0.933. The van der Waals surface area contributed by atoms with Gasteiger partial charge in [-0.25, -0.2) is 30.7 Å². The van der Waals surface area contributed by atoms with Crippen molar-refractivity contribution in [1.29, 1.82) is 0 Å². The van der Waals surface area contributed by atoms with E-state index in [-0.39, 0.29) is 0 Å². The van der Waals surface area contributed by atoms with Crippen LogP contribution >= 0.6 is 0 Å². The predicted octanol–water partition coefficient (Wildman–Crippen LogP) is 4.54. The smallest absolute Gasteiger partial charge is 0.383 e. The van der Waals surface area contributed by atoms with E-state index in [2.05, 4.69) is 18.9 Å². The van der Waals surface area contributed by atoms with Gasteiger partial charge >= 0.3 is 24.1 Å². The van der Waals surface area contributed by atoms with Crippen LogP contribution in [0.1, 0.15) is 25.7 Å². The van der Waals surface area contributed by atoms with Crippen molar-refractivity contribution < 1.29 is 72.0 Å². The lowest BCUT2D eigenvalue weighted by molar-refractivity contribution is -0.401. The molecule has 1 unspecified atom stereocenters. The molecule has 0 bridgehead atoms. The van der Waals surface area contributed by atoms with Crippen LogP contribution in [-0.2, 0) is 23.7 Å². The number of alkyl halides is 11. The molecule has 5 nitrogen and oxygen atoms in total. The molecule has 1 saturated carbocycles. The lowest BCUT2D eigenvalue weighted by Gasteiger charge is -2.42. The van der Waals surface area contributed by atoms with Gasteiger partial charge in [-0.15, -0.1) is 0 Å². The first-order valence-corrected chi connectivity index (χ1v) is 8.31. The topological polar surface area (TPSA) is 54.0 Å². The molecule has 1 fully saturated rings. The number of hydrogen-bond acceptors (Lipinski definition) is 5. The molecule has 1 rings (SSSR count). The summed E-state index contributed by atoms with van der Waals surface area (Å²) in [6, 6.07) is 0. The highest BCUT2D eigenvalue weighted by atomic mass is 19.3. The van der Waals surface area contributed by atoms with Crippen LogP contribution in [0, 0.1) is 0 Å². The van der Waals surface area contributed by atoms with Crippen molar-refractivity contribution >= 4 is 5.97 Å². The number of carbonyl (C=O) groups is 1. The molecule has 0 aliphatic heterocycles. The third-order valence-electron chi connectivity index (χ3n) is 3.80. The average molecular weight is 486 g/mol. The third kappa shape index (κ3) is 8.56. The minimum atomic E-state index is -5.32. The van der Waals surface area contributed by atoms with E-state index in [1.54, 1.807) is 0 Å². The normalized spacial score (nSPS) is 22.2. The van der Waals surface area contributed by atoms with Crippen molar-refractivity contribution in [2.75, 3.05) is 26.9 Å². The lowest BCUT2D eigenvalue weighted by Crippen LogP contribution is -2.57. The fourth-order valence-electron chi connectivity index (χ4n) is 2.20. The van der Waals surface area contributed by atoms with Gasteiger partial charge in [0.1, 0.15) is 32.7 Å². The standard InChI is InChI=1S/C15H17F11O5/c1-28-9(27)4-10(16,17)6-29-8-15(25,26)31-14(23,24)5-11(18,19)7-30-13(22)3-2-12(13,20)21/h2-8H2,1H3. The van der Waals surface area contributed by atoms with Gasteiger partial charge in [0.25, 0.3) is 17.7 Å². The molecule has 1 aliphatic carbocycles. The monoisotopic (exact) mass is 486 g/mol. The predicted molar refractivity (Wildman–Crippen MR) is 76.9 cm³/mol. The summed E-state index contributed by atoms with van der Waals surface area (Å²) in [6.45, 7) is -6.37. The SMILES string of the molecule is COC(=O)CC(F)(F)COCC(F)(F)OC(F)(F)CC(F)(F)COC1(F)CCC1(F)F. The Morgan fingerprint density at radius 1 is 0.839 bits per heavy atom. The van der Waals surface area contributed by atoms with Crippen LogP contribution in [-0.4, -0.2) is 68.7 Å². The zero-order valence-corrected chi connectivity index (χ0v) is 15.6. The molecule has 1 aliphatic rings. The van der Waals surface area contributed by atoms with Crippen molar-refractivity contribution in [2.45, 2.75) is 61.5 Å². The van der Waals surface area contributed by atoms with Gasteiger partial charge in [0.15, 0.2) is 0 Å². The summed E-state index contributed by atoms with van der Waals surface area (Å²) in [5.74, 6) is -18.1. The number of rotatable bonds is 13. The zero-order chi connectivity index (χ0) is 24.4. The Morgan fingerprint density at radius 3 is 1.87 bits per heavy atom. The summed E-state index contributed by atoms with van der Waals surface area (Å²) in [7, 11) is 0.759. The highest BCUT2D eigenvalue weighted by molar-refractivity contribution is 5.70. The maximum atomic E-state index is 13.5. The molecule has 1 atom stereocenters. The Hall–Kier alpha value is -1.42. The lowest BCUT2D eigenvalue weighted by atomic mass is 9.88. The summed E-state index contributed by atoms with van der Waals surface area (Å²) >= 11 is 0. The Bertz CT molecular complexity index is 628. The molecule has 0 spiro atoms. The number of hydrogen-bond donors (Lipinski definition) is 0. The molecule has 0 amide bonds. The number of halogens is 11. The van der Waals surface area contributed by atoms with Gasteiger partial charge in [0.05, 0.1) is 7.11 Å². The molecule has 0 N–H and O–H groups in total. The number of ether oxygens (including phenoxy) is 4. The highest BCUT2D eigenvalue weighted by Gasteiger charge is 2.65. The van der Waals surface area contributed by atoms with Crippen molar-refractivity contribution in [3.63, 3.8) is 0 Å². The second-order valence-corrected chi connectivity index (χ2v) is 6.73. The molecule has 0 heterocycles. The highest BCUT2D eigenvalue weighted by Crippen LogP contribution is 2.51. The van der Waals surface area contributed by atoms with Crippen LogP contribution in [0.2, 0.25) is 0 Å². The Kier molecular flexibility index (Phi) is 8.21. The van der Waals surface area contributed by atoms with E-state index in [0.29, 0.717) is 0 Å². The van der Waals surface area contributed by atoms with E-state index in [1.807, 2.05) is 0 Å². The number of methoxy groups -OCH3 is 1. The van der Waals surface area contributed by atoms with E-state index >= 15 is 0 Å².